The van der Waals surface area contributed by atoms with Gasteiger partial charge in [0.25, 0.3) is 0 Å². The molecule has 0 fully saturated rings. The lowest BCUT2D eigenvalue weighted by Gasteiger charge is -2.03. The summed E-state index contributed by atoms with van der Waals surface area (Å²) in [6.45, 7) is 1.83. The number of nitrogens with zero attached hydrogens (tertiary/aromatic N) is 2. The van der Waals surface area contributed by atoms with Gasteiger partial charge < -0.3 is 15.3 Å². The van der Waals surface area contributed by atoms with Gasteiger partial charge in [0, 0.05) is 6.07 Å². The molecule has 3 N–H and O–H groups in total. The molecule has 0 spiro atoms. The maximum Gasteiger partial charge on any atom is 0.498 e. The summed E-state index contributed by atoms with van der Waals surface area (Å²) in [7, 11) is 3.36. The molecule has 0 bridgehead atoms. The molecule has 0 aliphatic carbocycles. The Bertz CT molecular complexity index is 768. The van der Waals surface area contributed by atoms with Crippen molar-refractivity contribution >= 4 is 12.2 Å². The number of aromatic hydroxyl groups is 3. The van der Waals surface area contributed by atoms with E-state index in [0.29, 0.717) is 11.3 Å². The van der Waals surface area contributed by atoms with Crippen LogP contribution in [0.3, 0.4) is 0 Å². The van der Waals surface area contributed by atoms with Crippen molar-refractivity contribution in [3.8, 4) is 17.2 Å². The highest BCUT2D eigenvalue weighted by Gasteiger charge is 2.12. The zero-order chi connectivity index (χ0) is 15.7. The lowest BCUT2D eigenvalue weighted by Crippen LogP contribution is -2.53. The van der Waals surface area contributed by atoms with Crippen LogP contribution in [0.2, 0.25) is 0 Å². The van der Waals surface area contributed by atoms with Gasteiger partial charge in [0.05, 0.1) is 14.1 Å². The van der Waals surface area contributed by atoms with E-state index in [9.17, 15) is 20.1 Å². The molecule has 0 aliphatic heterocycles. The highest BCUT2D eigenvalue weighted by molar-refractivity contribution is 5.70. The van der Waals surface area contributed by atoms with E-state index < -0.39 is 17.2 Å². The van der Waals surface area contributed by atoms with Crippen LogP contribution in [-0.2, 0) is 14.1 Å². The maximum atomic E-state index is 12.0. The van der Waals surface area contributed by atoms with Crippen molar-refractivity contribution in [2.75, 3.05) is 0 Å². The molecular formula is C15H17N2O4+. The Hall–Kier alpha value is -2.76. The normalized spacial score (nSPS) is 11.2. The predicted molar refractivity (Wildman–Crippen MR) is 78.0 cm³/mol. The van der Waals surface area contributed by atoms with E-state index in [1.165, 1.54) is 21.3 Å². The summed E-state index contributed by atoms with van der Waals surface area (Å²) in [6, 6.07) is 4.48. The molecule has 1 heterocycles. The molecule has 0 aliphatic rings. The number of phenols is 3. The fourth-order valence-electron chi connectivity index (χ4n) is 1.96. The Balaban J connectivity index is 2.45. The van der Waals surface area contributed by atoms with Crippen LogP contribution in [0.25, 0.3) is 12.2 Å². The number of aromatic nitrogens is 2. The molecule has 1 aromatic heterocycles. The van der Waals surface area contributed by atoms with Gasteiger partial charge in [-0.2, -0.15) is 13.9 Å². The first-order chi connectivity index (χ1) is 9.81. The van der Waals surface area contributed by atoms with Crippen molar-refractivity contribution in [2.45, 2.75) is 6.92 Å². The van der Waals surface area contributed by atoms with E-state index in [1.54, 1.807) is 26.2 Å². The highest BCUT2D eigenvalue weighted by atomic mass is 16.3. The van der Waals surface area contributed by atoms with E-state index in [-0.39, 0.29) is 5.69 Å². The molecule has 0 saturated heterocycles. The van der Waals surface area contributed by atoms with Gasteiger partial charge in [0.15, 0.2) is 17.2 Å². The predicted octanol–water partition coefficient (Wildman–Crippen LogP) is 0.805. The van der Waals surface area contributed by atoms with Crippen LogP contribution in [-0.4, -0.2) is 19.9 Å². The monoisotopic (exact) mass is 289 g/mol. The number of hydrogen-bond donors (Lipinski definition) is 3. The molecule has 6 heteroatoms. The van der Waals surface area contributed by atoms with Crippen LogP contribution >= 0.6 is 0 Å². The van der Waals surface area contributed by atoms with Gasteiger partial charge in [0.1, 0.15) is 11.4 Å². The summed E-state index contributed by atoms with van der Waals surface area (Å²) >= 11 is 0. The first-order valence-corrected chi connectivity index (χ1v) is 6.31. The third-order valence-electron chi connectivity index (χ3n) is 3.39. The Morgan fingerprint density at radius 1 is 1.10 bits per heavy atom. The summed E-state index contributed by atoms with van der Waals surface area (Å²) in [5.74, 6) is -1.36. The standard InChI is InChI=1S/C15H16N2O4/c1-9-6-11(17(3)15(21)16(9)2)5-4-10-7-12(18)14(20)13(19)8-10/h4-8,18-19H,1-3H3/p+1. The van der Waals surface area contributed by atoms with Crippen LogP contribution < -0.4 is 10.3 Å². The molecule has 0 unspecified atom stereocenters. The number of rotatable bonds is 2. The van der Waals surface area contributed by atoms with Crippen LogP contribution in [0.15, 0.2) is 23.0 Å². The van der Waals surface area contributed by atoms with E-state index >= 15 is 0 Å². The van der Waals surface area contributed by atoms with Gasteiger partial charge in [-0.25, -0.2) is 0 Å². The minimum Gasteiger partial charge on any atom is -0.504 e. The van der Waals surface area contributed by atoms with Crippen LogP contribution in [0, 0.1) is 6.92 Å². The van der Waals surface area contributed by atoms with Crippen LogP contribution in [0.1, 0.15) is 17.0 Å². The lowest BCUT2D eigenvalue weighted by atomic mass is 10.1. The molecule has 110 valence electrons. The number of hydrogen-bond acceptors (Lipinski definition) is 4. The summed E-state index contributed by atoms with van der Waals surface area (Å²) < 4.78 is 3.03. The average Bonchev–Trinajstić information content (AvgIpc) is 2.44. The zero-order valence-corrected chi connectivity index (χ0v) is 12.0. The summed E-state index contributed by atoms with van der Waals surface area (Å²) in [6.07, 6.45) is 3.33. The molecule has 0 atom stereocenters. The van der Waals surface area contributed by atoms with Crippen molar-refractivity contribution in [1.29, 1.82) is 0 Å². The zero-order valence-electron chi connectivity index (χ0n) is 12.0. The summed E-state index contributed by atoms with van der Waals surface area (Å²) in [5, 5.41) is 28.2. The minimum atomic E-state index is -0.554. The van der Waals surface area contributed by atoms with E-state index in [4.69, 9.17) is 0 Å². The number of aryl methyl sites for hydroxylation is 1. The summed E-state index contributed by atoms with van der Waals surface area (Å²) in [5.41, 5.74) is 1.85. The van der Waals surface area contributed by atoms with Crippen molar-refractivity contribution in [3.63, 3.8) is 0 Å². The van der Waals surface area contributed by atoms with Crippen molar-refractivity contribution in [2.24, 2.45) is 14.1 Å². The molecule has 21 heavy (non-hydrogen) atoms. The largest absolute Gasteiger partial charge is 0.504 e. The van der Waals surface area contributed by atoms with E-state index in [1.807, 2.05) is 13.0 Å². The second-order valence-corrected chi connectivity index (χ2v) is 4.85. The highest BCUT2D eigenvalue weighted by Crippen LogP contribution is 2.35. The topological polar surface area (TPSA) is 86.6 Å². The Morgan fingerprint density at radius 3 is 2.24 bits per heavy atom. The molecule has 0 radical (unpaired) electrons. The Kier molecular flexibility index (Phi) is 3.71. The van der Waals surface area contributed by atoms with Crippen LogP contribution in [0.5, 0.6) is 17.2 Å². The molecule has 0 saturated carbocycles. The fraction of sp³-hybridized carbons (Fsp3) is 0.200. The van der Waals surface area contributed by atoms with E-state index in [0.717, 1.165) is 5.69 Å². The Morgan fingerprint density at radius 2 is 1.67 bits per heavy atom. The third kappa shape index (κ3) is 2.74. The first-order valence-electron chi connectivity index (χ1n) is 6.31. The van der Waals surface area contributed by atoms with Gasteiger partial charge in [-0.05, 0) is 30.7 Å². The SMILES string of the molecule is Cc1cc(C=Cc2cc(O)c(O)c(O)c2)[n+](C)c(=O)n1C. The number of benzene rings is 1. The quantitative estimate of drug-likeness (QED) is 0.564. The van der Waals surface area contributed by atoms with Gasteiger partial charge in [-0.1, -0.05) is 6.08 Å². The molecule has 6 nitrogen and oxygen atoms in total. The summed E-state index contributed by atoms with van der Waals surface area (Å²) in [4.78, 5) is 12.0. The molecular weight excluding hydrogens is 272 g/mol. The smallest absolute Gasteiger partial charge is 0.498 e. The fourth-order valence-corrected chi connectivity index (χ4v) is 1.96. The second-order valence-electron chi connectivity index (χ2n) is 4.85. The second kappa shape index (κ2) is 5.32. The van der Waals surface area contributed by atoms with Gasteiger partial charge in [-0.15, -0.1) is 0 Å². The third-order valence-corrected chi connectivity index (χ3v) is 3.39. The molecule has 2 aromatic rings. The van der Waals surface area contributed by atoms with Crippen molar-refractivity contribution in [1.82, 2.24) is 4.57 Å². The van der Waals surface area contributed by atoms with Crippen molar-refractivity contribution in [3.05, 3.63) is 45.6 Å². The van der Waals surface area contributed by atoms with Crippen LogP contribution in [0.4, 0.5) is 0 Å². The van der Waals surface area contributed by atoms with Gasteiger partial charge >= 0.3 is 5.69 Å². The van der Waals surface area contributed by atoms with E-state index in [2.05, 4.69) is 0 Å². The van der Waals surface area contributed by atoms with Gasteiger partial charge in [0.2, 0.25) is 0 Å². The average molecular weight is 289 g/mol. The van der Waals surface area contributed by atoms with Crippen molar-refractivity contribution < 1.29 is 19.9 Å². The minimum absolute atomic E-state index is 0.147. The molecule has 1 aromatic carbocycles. The Labute approximate surface area is 121 Å². The maximum absolute atomic E-state index is 12.0. The molecule has 0 amide bonds. The van der Waals surface area contributed by atoms with Gasteiger partial charge in [-0.3, -0.25) is 0 Å². The number of phenolic OH excluding ortho intramolecular Hbond substituents is 3. The first kappa shape index (κ1) is 14.6. The lowest BCUT2D eigenvalue weighted by molar-refractivity contribution is -0.692. The molecule has 2 rings (SSSR count).